The minimum atomic E-state index is -0.250. The first-order valence-corrected chi connectivity index (χ1v) is 10.9. The van der Waals surface area contributed by atoms with Crippen LogP contribution < -0.4 is 5.32 Å². The van der Waals surface area contributed by atoms with Crippen LogP contribution in [0.15, 0.2) is 67.1 Å². The van der Waals surface area contributed by atoms with E-state index in [2.05, 4.69) is 19.9 Å². The molecule has 9 heteroatoms. The summed E-state index contributed by atoms with van der Waals surface area (Å²) in [6.45, 7) is 0.921. The van der Waals surface area contributed by atoms with Crippen LogP contribution in [0.5, 0.6) is 0 Å². The third-order valence-electron chi connectivity index (χ3n) is 5.61. The van der Waals surface area contributed by atoms with Gasteiger partial charge in [-0.15, -0.1) is 0 Å². The van der Waals surface area contributed by atoms with E-state index in [1.807, 2.05) is 25.4 Å². The molecule has 1 aromatic carbocycles. The van der Waals surface area contributed by atoms with Gasteiger partial charge in [0.25, 0.3) is 0 Å². The summed E-state index contributed by atoms with van der Waals surface area (Å²) in [5.41, 5.74) is 5.00. The fourth-order valence-electron chi connectivity index (χ4n) is 3.97. The molecule has 0 radical (unpaired) electrons. The van der Waals surface area contributed by atoms with E-state index >= 15 is 0 Å². The molecule has 0 unspecified atom stereocenters. The van der Waals surface area contributed by atoms with Crippen LogP contribution in [0, 0.1) is 5.82 Å². The van der Waals surface area contributed by atoms with E-state index in [0.717, 1.165) is 65.6 Å². The van der Waals surface area contributed by atoms with Crippen molar-refractivity contribution in [1.29, 1.82) is 0 Å². The van der Waals surface area contributed by atoms with Crippen molar-refractivity contribution in [3.05, 3.63) is 84.3 Å². The van der Waals surface area contributed by atoms with Crippen LogP contribution in [0.3, 0.4) is 0 Å². The fourth-order valence-corrected chi connectivity index (χ4v) is 3.97. The first-order chi connectivity index (χ1) is 16.7. The summed E-state index contributed by atoms with van der Waals surface area (Å²) in [5.74, 6) is 1.58. The van der Waals surface area contributed by atoms with Gasteiger partial charge in [-0.3, -0.25) is 9.78 Å². The van der Waals surface area contributed by atoms with Crippen LogP contribution in [-0.2, 0) is 13.0 Å². The van der Waals surface area contributed by atoms with E-state index < -0.39 is 0 Å². The maximum absolute atomic E-state index is 13.3. The number of anilines is 1. The molecule has 5 heterocycles. The number of aromatic nitrogens is 6. The average Bonchev–Trinajstić information content (AvgIpc) is 3.59. The van der Waals surface area contributed by atoms with E-state index in [0.29, 0.717) is 5.56 Å². The van der Waals surface area contributed by atoms with Gasteiger partial charge in [-0.1, -0.05) is 0 Å². The molecule has 5 aromatic rings. The molecule has 0 atom stereocenters. The number of hydrogen-bond acceptors (Lipinski definition) is 6. The lowest BCUT2D eigenvalue weighted by molar-refractivity contribution is 0.112. The summed E-state index contributed by atoms with van der Waals surface area (Å²) < 4.78 is 17.3. The number of rotatable bonds is 4. The first kappa shape index (κ1) is 21.4. The molecule has 170 valence electrons. The van der Waals surface area contributed by atoms with Gasteiger partial charge in [-0.25, -0.2) is 18.9 Å². The summed E-state index contributed by atoms with van der Waals surface area (Å²) in [5, 5.41) is 7.78. The molecule has 0 amide bonds. The van der Waals surface area contributed by atoms with Crippen molar-refractivity contribution in [2.45, 2.75) is 19.4 Å². The van der Waals surface area contributed by atoms with Crippen molar-refractivity contribution in [1.82, 2.24) is 29.1 Å². The Morgan fingerprint density at radius 2 is 1.82 bits per heavy atom. The highest BCUT2D eigenvalue weighted by atomic mass is 19.1. The number of imidazole rings is 2. The second-order valence-electron chi connectivity index (χ2n) is 7.78. The van der Waals surface area contributed by atoms with Gasteiger partial charge in [0, 0.05) is 43.5 Å². The number of halogens is 1. The summed E-state index contributed by atoms with van der Waals surface area (Å²) >= 11 is 0. The van der Waals surface area contributed by atoms with Crippen LogP contribution in [0.1, 0.15) is 22.6 Å². The Labute approximate surface area is 195 Å². The molecule has 0 saturated carbocycles. The van der Waals surface area contributed by atoms with Gasteiger partial charge in [0.1, 0.15) is 29.4 Å². The Bertz CT molecular complexity index is 1440. The molecule has 0 bridgehead atoms. The van der Waals surface area contributed by atoms with Gasteiger partial charge in [0.15, 0.2) is 5.65 Å². The molecule has 4 aromatic heterocycles. The van der Waals surface area contributed by atoms with Crippen LogP contribution in [0.2, 0.25) is 0 Å². The van der Waals surface area contributed by atoms with Crippen molar-refractivity contribution in [2.75, 3.05) is 12.4 Å². The van der Waals surface area contributed by atoms with E-state index in [9.17, 15) is 9.18 Å². The molecular weight excluding hydrogens is 433 g/mol. The highest BCUT2D eigenvalue weighted by molar-refractivity contribution is 5.78. The summed E-state index contributed by atoms with van der Waals surface area (Å²) in [6, 6.07) is 13.7. The molecule has 0 saturated heterocycles. The Kier molecular flexibility index (Phi) is 5.82. The molecule has 1 N–H and O–H groups in total. The van der Waals surface area contributed by atoms with Crippen molar-refractivity contribution in [3.63, 3.8) is 0 Å². The average molecular weight is 455 g/mol. The van der Waals surface area contributed by atoms with E-state index in [1.54, 1.807) is 41.2 Å². The normalized spacial score (nSPS) is 12.2. The minimum absolute atomic E-state index is 0.250. The topological polar surface area (TPSA) is 90.0 Å². The van der Waals surface area contributed by atoms with Crippen LogP contribution >= 0.6 is 0 Å². The largest absolute Gasteiger partial charge is 0.372 e. The van der Waals surface area contributed by atoms with Crippen molar-refractivity contribution in [2.24, 2.45) is 0 Å². The summed E-state index contributed by atoms with van der Waals surface area (Å²) in [7, 11) is 1.83. The van der Waals surface area contributed by atoms with Gasteiger partial charge >= 0.3 is 0 Å². The Morgan fingerprint density at radius 3 is 2.53 bits per heavy atom. The molecule has 1 aliphatic heterocycles. The molecule has 1 aliphatic rings. The fraction of sp³-hybridized carbons (Fsp3) is 0.160. The maximum atomic E-state index is 13.3. The van der Waals surface area contributed by atoms with E-state index in [-0.39, 0.29) is 5.82 Å². The lowest BCUT2D eigenvalue weighted by Gasteiger charge is -2.08. The third kappa shape index (κ3) is 4.15. The highest BCUT2D eigenvalue weighted by Crippen LogP contribution is 2.34. The van der Waals surface area contributed by atoms with Crippen molar-refractivity contribution in [3.8, 4) is 22.6 Å². The first-order valence-electron chi connectivity index (χ1n) is 10.9. The number of pyridine rings is 1. The van der Waals surface area contributed by atoms with Crippen molar-refractivity contribution < 1.29 is 9.18 Å². The maximum Gasteiger partial charge on any atom is 0.156 e. The summed E-state index contributed by atoms with van der Waals surface area (Å²) in [6.07, 6.45) is 7.86. The number of nitrogens with zero attached hydrogens (tertiary/aromatic N) is 6. The molecule has 6 rings (SSSR count). The van der Waals surface area contributed by atoms with E-state index in [4.69, 9.17) is 10.1 Å². The van der Waals surface area contributed by atoms with E-state index in [1.165, 1.54) is 12.1 Å². The summed E-state index contributed by atoms with van der Waals surface area (Å²) in [4.78, 5) is 23.0. The number of aryl methyl sites for hydroxylation is 1. The number of benzene rings is 1. The third-order valence-corrected chi connectivity index (χ3v) is 5.61. The predicted octanol–water partition coefficient (Wildman–Crippen LogP) is 4.28. The highest BCUT2D eigenvalue weighted by Gasteiger charge is 2.24. The molecule has 0 aliphatic carbocycles. The quantitative estimate of drug-likeness (QED) is 0.407. The lowest BCUT2D eigenvalue weighted by atomic mass is 10.1. The van der Waals surface area contributed by atoms with Gasteiger partial charge in [-0.05, 0) is 55.0 Å². The van der Waals surface area contributed by atoms with Gasteiger partial charge < -0.3 is 9.88 Å². The Morgan fingerprint density at radius 1 is 1.03 bits per heavy atom. The predicted molar refractivity (Wildman–Crippen MR) is 127 cm³/mol. The Hall–Kier alpha value is -4.40. The molecule has 34 heavy (non-hydrogen) atoms. The van der Waals surface area contributed by atoms with Gasteiger partial charge in [0.2, 0.25) is 0 Å². The SMILES string of the molecule is CNc1cn2nc(-c3c(-c4ccc(F)cc4)nc4n3CCC4)ccc2n1.O=Cc1ccncc1. The number of carbonyl (C=O) groups is 1. The zero-order chi connectivity index (χ0) is 23.5. The van der Waals surface area contributed by atoms with Gasteiger partial charge in [0.05, 0.1) is 17.6 Å². The van der Waals surface area contributed by atoms with Crippen LogP contribution in [0.4, 0.5) is 10.2 Å². The second kappa shape index (κ2) is 9.22. The molecule has 8 nitrogen and oxygen atoms in total. The van der Waals surface area contributed by atoms with Gasteiger partial charge in [-0.2, -0.15) is 5.10 Å². The Balaban J connectivity index is 0.000000257. The second-order valence-corrected chi connectivity index (χ2v) is 7.78. The molecule has 0 spiro atoms. The van der Waals surface area contributed by atoms with Crippen LogP contribution in [0.25, 0.3) is 28.3 Å². The van der Waals surface area contributed by atoms with Crippen molar-refractivity contribution >= 4 is 17.8 Å². The number of fused-ring (bicyclic) bond motifs is 2. The zero-order valence-electron chi connectivity index (χ0n) is 18.5. The number of hydrogen-bond donors (Lipinski definition) is 1. The monoisotopic (exact) mass is 455 g/mol. The smallest absolute Gasteiger partial charge is 0.156 e. The molecular formula is C25H22FN7O. The standard InChI is InChI=1S/C19H17FN6.C6H5NO/c1-21-15-11-26-17(22-15)9-8-14(24-26)19-18(12-4-6-13(20)7-5-12)23-16-3-2-10-25(16)19;8-5-6-1-3-7-4-2-6/h4-9,11,21H,2-3,10H2,1H3;1-5H. The van der Waals surface area contributed by atoms with Crippen LogP contribution in [-0.4, -0.2) is 42.5 Å². The number of aldehydes is 1. The molecule has 0 fully saturated rings. The number of nitrogens with one attached hydrogen (secondary N) is 1. The number of carbonyl (C=O) groups excluding carboxylic acids is 1. The minimum Gasteiger partial charge on any atom is -0.372 e. The lowest BCUT2D eigenvalue weighted by Crippen LogP contribution is -2.01. The zero-order valence-corrected chi connectivity index (χ0v) is 18.5.